The minimum absolute atomic E-state index is 0.472. The Labute approximate surface area is 85.2 Å². The van der Waals surface area contributed by atoms with Crippen LogP contribution in [0.4, 0.5) is 11.6 Å². The molecule has 0 aliphatic rings. The second-order valence-electron chi connectivity index (χ2n) is 3.23. The van der Waals surface area contributed by atoms with Gasteiger partial charge in [-0.2, -0.15) is 0 Å². The lowest BCUT2D eigenvalue weighted by Gasteiger charge is -2.20. The van der Waals surface area contributed by atoms with Gasteiger partial charge in [0.25, 0.3) is 0 Å². The summed E-state index contributed by atoms with van der Waals surface area (Å²) in [5.74, 6) is 1.38. The minimum atomic E-state index is 0.472. The van der Waals surface area contributed by atoms with Crippen molar-refractivity contribution in [2.24, 2.45) is 0 Å². The van der Waals surface area contributed by atoms with Gasteiger partial charge in [-0.05, 0) is 13.3 Å². The van der Waals surface area contributed by atoms with E-state index in [1.165, 1.54) is 12.8 Å². The van der Waals surface area contributed by atoms with Gasteiger partial charge in [-0.15, -0.1) is 0 Å². The number of nitrogens with two attached hydrogens (primary N) is 1. The van der Waals surface area contributed by atoms with Crippen molar-refractivity contribution >= 4 is 11.6 Å². The molecule has 78 valence electrons. The number of rotatable bonds is 5. The summed E-state index contributed by atoms with van der Waals surface area (Å²) in [6.07, 6.45) is 5.71. The van der Waals surface area contributed by atoms with Crippen molar-refractivity contribution in [3.63, 3.8) is 0 Å². The van der Waals surface area contributed by atoms with Crippen LogP contribution < -0.4 is 10.6 Å². The van der Waals surface area contributed by atoms with E-state index in [-0.39, 0.29) is 0 Å². The van der Waals surface area contributed by atoms with Crippen LogP contribution in [0.2, 0.25) is 0 Å². The van der Waals surface area contributed by atoms with Gasteiger partial charge in [0.05, 0.1) is 12.4 Å². The first kappa shape index (κ1) is 10.8. The molecule has 0 bridgehead atoms. The van der Waals surface area contributed by atoms with Crippen LogP contribution >= 0.6 is 0 Å². The molecule has 0 saturated carbocycles. The molecule has 4 heteroatoms. The van der Waals surface area contributed by atoms with Crippen molar-refractivity contribution < 1.29 is 0 Å². The van der Waals surface area contributed by atoms with Crippen LogP contribution in [0.15, 0.2) is 12.4 Å². The zero-order valence-corrected chi connectivity index (χ0v) is 8.90. The minimum Gasteiger partial charge on any atom is -0.382 e. The molecule has 14 heavy (non-hydrogen) atoms. The van der Waals surface area contributed by atoms with Crippen LogP contribution in [0.5, 0.6) is 0 Å². The molecule has 4 nitrogen and oxygen atoms in total. The van der Waals surface area contributed by atoms with E-state index in [0.717, 1.165) is 18.9 Å². The van der Waals surface area contributed by atoms with Gasteiger partial charge >= 0.3 is 0 Å². The molecule has 0 spiro atoms. The highest BCUT2D eigenvalue weighted by Crippen LogP contribution is 2.10. The number of unbranched alkanes of at least 4 members (excludes halogenated alkanes) is 1. The monoisotopic (exact) mass is 194 g/mol. The third-order valence-corrected chi connectivity index (χ3v) is 2.15. The van der Waals surface area contributed by atoms with Crippen LogP contribution in [0.25, 0.3) is 0 Å². The lowest BCUT2D eigenvalue weighted by molar-refractivity contribution is 0.722. The largest absolute Gasteiger partial charge is 0.382 e. The molecule has 0 unspecified atom stereocenters. The van der Waals surface area contributed by atoms with Gasteiger partial charge in [-0.1, -0.05) is 13.3 Å². The van der Waals surface area contributed by atoms with E-state index in [0.29, 0.717) is 5.82 Å². The third kappa shape index (κ3) is 2.87. The second-order valence-corrected chi connectivity index (χ2v) is 3.23. The molecule has 0 amide bonds. The van der Waals surface area contributed by atoms with E-state index < -0.39 is 0 Å². The van der Waals surface area contributed by atoms with Gasteiger partial charge in [0, 0.05) is 13.1 Å². The lowest BCUT2D eigenvalue weighted by atomic mass is 10.3. The Morgan fingerprint density at radius 1 is 1.29 bits per heavy atom. The van der Waals surface area contributed by atoms with Gasteiger partial charge < -0.3 is 10.6 Å². The highest BCUT2D eigenvalue weighted by Gasteiger charge is 2.04. The molecule has 1 aromatic heterocycles. The Morgan fingerprint density at radius 3 is 2.57 bits per heavy atom. The van der Waals surface area contributed by atoms with Crippen LogP contribution in [0.3, 0.4) is 0 Å². The highest BCUT2D eigenvalue weighted by molar-refractivity contribution is 5.38. The highest BCUT2D eigenvalue weighted by atomic mass is 15.2. The first-order valence-corrected chi connectivity index (χ1v) is 5.10. The average Bonchev–Trinajstić information content (AvgIpc) is 2.21. The molecule has 0 aromatic carbocycles. The molecule has 0 aliphatic carbocycles. The van der Waals surface area contributed by atoms with Gasteiger partial charge in [-0.3, -0.25) is 0 Å². The summed E-state index contributed by atoms with van der Waals surface area (Å²) in [4.78, 5) is 10.5. The summed E-state index contributed by atoms with van der Waals surface area (Å²) in [5, 5.41) is 0. The number of hydrogen-bond acceptors (Lipinski definition) is 4. The Bertz CT molecular complexity index is 257. The summed E-state index contributed by atoms with van der Waals surface area (Å²) < 4.78 is 0. The number of nitrogen functional groups attached to an aromatic ring is 1. The van der Waals surface area contributed by atoms with Crippen LogP contribution in [-0.4, -0.2) is 23.1 Å². The van der Waals surface area contributed by atoms with Gasteiger partial charge in [0.15, 0.2) is 0 Å². The first-order chi connectivity index (χ1) is 6.77. The molecule has 0 atom stereocenters. The summed E-state index contributed by atoms with van der Waals surface area (Å²) >= 11 is 0. The van der Waals surface area contributed by atoms with Crippen LogP contribution in [-0.2, 0) is 0 Å². The fourth-order valence-electron chi connectivity index (χ4n) is 1.28. The topological polar surface area (TPSA) is 55.0 Å². The molecule has 0 fully saturated rings. The first-order valence-electron chi connectivity index (χ1n) is 5.10. The van der Waals surface area contributed by atoms with Crippen molar-refractivity contribution in [2.45, 2.75) is 26.7 Å². The summed E-state index contributed by atoms with van der Waals surface area (Å²) in [7, 11) is 0. The third-order valence-electron chi connectivity index (χ3n) is 2.15. The van der Waals surface area contributed by atoms with Gasteiger partial charge in [0.1, 0.15) is 11.6 Å². The Hall–Kier alpha value is -1.32. The summed E-state index contributed by atoms with van der Waals surface area (Å²) in [5.41, 5.74) is 5.48. The van der Waals surface area contributed by atoms with Crippen molar-refractivity contribution in [3.8, 4) is 0 Å². The molecule has 1 rings (SSSR count). The van der Waals surface area contributed by atoms with Crippen LogP contribution in [0, 0.1) is 0 Å². The van der Waals surface area contributed by atoms with Gasteiger partial charge in [-0.25, -0.2) is 9.97 Å². The molecule has 2 N–H and O–H groups in total. The number of hydrogen-bond donors (Lipinski definition) is 1. The number of aromatic nitrogens is 2. The molecule has 0 aliphatic heterocycles. The van der Waals surface area contributed by atoms with Crippen molar-refractivity contribution in [2.75, 3.05) is 23.7 Å². The van der Waals surface area contributed by atoms with E-state index in [4.69, 9.17) is 5.73 Å². The predicted octanol–water partition coefficient (Wildman–Crippen LogP) is 1.69. The number of anilines is 2. The predicted molar refractivity (Wildman–Crippen MR) is 59.2 cm³/mol. The maximum atomic E-state index is 5.48. The summed E-state index contributed by atoms with van der Waals surface area (Å²) in [6, 6.07) is 0. The van der Waals surface area contributed by atoms with E-state index in [2.05, 4.69) is 28.7 Å². The van der Waals surface area contributed by atoms with E-state index in [1.807, 2.05) is 0 Å². The van der Waals surface area contributed by atoms with E-state index in [9.17, 15) is 0 Å². The maximum absolute atomic E-state index is 5.48. The van der Waals surface area contributed by atoms with Crippen molar-refractivity contribution in [1.29, 1.82) is 0 Å². The lowest BCUT2D eigenvalue weighted by Crippen LogP contribution is -2.24. The smallest absolute Gasteiger partial charge is 0.147 e. The summed E-state index contributed by atoms with van der Waals surface area (Å²) in [6.45, 7) is 6.29. The van der Waals surface area contributed by atoms with Gasteiger partial charge in [0.2, 0.25) is 0 Å². The fourth-order valence-corrected chi connectivity index (χ4v) is 1.28. The standard InChI is InChI=1S/C10H18N4/c1-3-5-6-14(4-2)10-8-12-9(11)7-13-10/h7-8H,3-6H2,1-2H3,(H2,11,12). The zero-order chi connectivity index (χ0) is 10.4. The van der Waals surface area contributed by atoms with E-state index >= 15 is 0 Å². The Morgan fingerprint density at radius 2 is 2.07 bits per heavy atom. The van der Waals surface area contributed by atoms with Crippen molar-refractivity contribution in [1.82, 2.24) is 9.97 Å². The van der Waals surface area contributed by atoms with E-state index in [1.54, 1.807) is 12.4 Å². The van der Waals surface area contributed by atoms with Crippen molar-refractivity contribution in [3.05, 3.63) is 12.4 Å². The fraction of sp³-hybridized carbons (Fsp3) is 0.600. The average molecular weight is 194 g/mol. The molecule has 1 heterocycles. The Kier molecular flexibility index (Phi) is 4.16. The van der Waals surface area contributed by atoms with Crippen LogP contribution in [0.1, 0.15) is 26.7 Å². The Balaban J connectivity index is 2.64. The molecular weight excluding hydrogens is 176 g/mol. The molecule has 1 aromatic rings. The molecule has 0 radical (unpaired) electrons. The number of nitrogens with zero attached hydrogens (tertiary/aromatic N) is 3. The maximum Gasteiger partial charge on any atom is 0.147 e. The zero-order valence-electron chi connectivity index (χ0n) is 8.90. The quantitative estimate of drug-likeness (QED) is 0.775. The molecule has 0 saturated heterocycles. The second kappa shape index (κ2) is 5.42. The normalized spacial score (nSPS) is 10.1. The molecular formula is C10H18N4. The SMILES string of the molecule is CCCCN(CC)c1cnc(N)cn1.